The summed E-state index contributed by atoms with van der Waals surface area (Å²) in [5.74, 6) is 0.680. The number of halogens is 2. The van der Waals surface area contributed by atoms with Crippen LogP contribution in [0.15, 0.2) is 60.7 Å². The van der Waals surface area contributed by atoms with Crippen LogP contribution in [0.5, 0.6) is 0 Å². The molecule has 3 aromatic rings. The number of hydrogen-bond acceptors (Lipinski definition) is 5. The molecule has 2 atom stereocenters. The molecule has 3 N–H and O–H groups in total. The third-order valence-corrected chi connectivity index (χ3v) is 7.87. The van der Waals surface area contributed by atoms with Gasteiger partial charge in [-0.15, -0.1) is 6.42 Å². The van der Waals surface area contributed by atoms with Crippen molar-refractivity contribution in [3.05, 3.63) is 106 Å². The molecule has 3 aromatic carbocycles. The maximum absolute atomic E-state index is 14.0. The monoisotopic (exact) mass is 584 g/mol. The zero-order valence-electron chi connectivity index (χ0n) is 24.7. The first-order valence-corrected chi connectivity index (χ1v) is 14.6. The van der Waals surface area contributed by atoms with Crippen LogP contribution in [0.4, 0.5) is 8.78 Å². The second-order valence-electron chi connectivity index (χ2n) is 11.4. The molecule has 4 rings (SSSR count). The second-order valence-corrected chi connectivity index (χ2v) is 11.4. The van der Waals surface area contributed by atoms with Crippen LogP contribution < -0.4 is 10.6 Å². The number of nitriles is 1. The minimum absolute atomic E-state index is 0.00655. The summed E-state index contributed by atoms with van der Waals surface area (Å²) in [5, 5.41) is 27.3. The molecule has 0 saturated heterocycles. The third-order valence-electron chi connectivity index (χ3n) is 7.87. The van der Waals surface area contributed by atoms with E-state index < -0.39 is 29.7 Å². The van der Waals surface area contributed by atoms with E-state index in [-0.39, 0.29) is 24.1 Å². The molecule has 43 heavy (non-hydrogen) atoms. The van der Waals surface area contributed by atoms with Crippen LogP contribution in [0.2, 0.25) is 0 Å². The fourth-order valence-corrected chi connectivity index (χ4v) is 5.36. The van der Waals surface area contributed by atoms with Crippen molar-refractivity contribution in [3.8, 4) is 18.4 Å². The molecule has 0 aliphatic heterocycles. The van der Waals surface area contributed by atoms with E-state index >= 15 is 0 Å². The number of unbranched alkanes of at least 4 members (excludes halogenated alkanes) is 1. The third kappa shape index (κ3) is 8.72. The van der Waals surface area contributed by atoms with E-state index in [1.807, 2.05) is 31.3 Å². The molecule has 1 aliphatic rings. The van der Waals surface area contributed by atoms with Crippen LogP contribution in [-0.2, 0) is 18.5 Å². The molecule has 224 valence electrons. The number of nitrogens with zero attached hydrogens (tertiary/aromatic N) is 2. The van der Waals surface area contributed by atoms with Crippen molar-refractivity contribution < 1.29 is 18.7 Å². The van der Waals surface area contributed by atoms with E-state index in [9.17, 15) is 23.9 Å². The molecule has 0 bridgehead atoms. The highest BCUT2D eigenvalue weighted by Crippen LogP contribution is 2.45. The molecule has 8 heteroatoms. The standard InChI is InChI=1S/C35H38F2N4O2/c1-4-6-12-41(3)23-27-13-26(21-38)14-28(15-27)34(43)40-32(19-25-17-30(36)20-31(37)18-25)33(42)22-39-35(10-11-35)29-9-7-8-24(5-2)16-29/h2,7-9,13-18,20,32-33,39,42H,4,6,10-12,19,22-23H2,1,3H3,(H,40,43)/t32-,33-/m0/s1. The minimum atomic E-state index is -1.10. The van der Waals surface area contributed by atoms with Gasteiger partial charge >= 0.3 is 0 Å². The van der Waals surface area contributed by atoms with E-state index in [1.165, 1.54) is 18.2 Å². The van der Waals surface area contributed by atoms with E-state index in [2.05, 4.69) is 34.4 Å². The normalized spacial score (nSPS) is 14.9. The van der Waals surface area contributed by atoms with Gasteiger partial charge in [-0.2, -0.15) is 5.26 Å². The molecule has 1 aliphatic carbocycles. The van der Waals surface area contributed by atoms with Gasteiger partial charge in [-0.1, -0.05) is 31.4 Å². The van der Waals surface area contributed by atoms with E-state index in [4.69, 9.17) is 6.42 Å². The van der Waals surface area contributed by atoms with Crippen molar-refractivity contribution in [1.82, 2.24) is 15.5 Å². The van der Waals surface area contributed by atoms with Crippen molar-refractivity contribution in [3.63, 3.8) is 0 Å². The quantitative estimate of drug-likeness (QED) is 0.232. The summed E-state index contributed by atoms with van der Waals surface area (Å²) < 4.78 is 28.1. The molecule has 0 heterocycles. The highest BCUT2D eigenvalue weighted by Gasteiger charge is 2.44. The first kappa shape index (κ1) is 31.8. The van der Waals surface area contributed by atoms with Crippen molar-refractivity contribution in [1.29, 1.82) is 5.26 Å². The number of amides is 1. The smallest absolute Gasteiger partial charge is 0.251 e. The van der Waals surface area contributed by atoms with Crippen LogP contribution in [-0.4, -0.2) is 48.2 Å². The summed E-state index contributed by atoms with van der Waals surface area (Å²) in [7, 11) is 1.99. The topological polar surface area (TPSA) is 88.4 Å². The van der Waals surface area contributed by atoms with Crippen LogP contribution in [0, 0.1) is 35.3 Å². The molecule has 6 nitrogen and oxygen atoms in total. The number of hydrogen-bond donors (Lipinski definition) is 3. The van der Waals surface area contributed by atoms with Crippen LogP contribution in [0.25, 0.3) is 0 Å². The summed E-state index contributed by atoms with van der Waals surface area (Å²) in [4.78, 5) is 15.7. The van der Waals surface area contributed by atoms with Gasteiger partial charge < -0.3 is 20.6 Å². The van der Waals surface area contributed by atoms with E-state index in [1.54, 1.807) is 12.1 Å². The largest absolute Gasteiger partial charge is 0.390 e. The number of benzene rings is 3. The summed E-state index contributed by atoms with van der Waals surface area (Å²) in [5.41, 5.74) is 3.19. The molecule has 0 unspecified atom stereocenters. The van der Waals surface area contributed by atoms with Crippen LogP contribution in [0.3, 0.4) is 0 Å². The van der Waals surface area contributed by atoms with Gasteiger partial charge in [0.15, 0.2) is 0 Å². The predicted molar refractivity (Wildman–Crippen MR) is 163 cm³/mol. The zero-order chi connectivity index (χ0) is 31.0. The van der Waals surface area contributed by atoms with Gasteiger partial charge in [-0.3, -0.25) is 4.79 Å². The van der Waals surface area contributed by atoms with E-state index in [0.29, 0.717) is 17.7 Å². The van der Waals surface area contributed by atoms with Crippen LogP contribution in [0.1, 0.15) is 70.8 Å². The molecule has 0 radical (unpaired) electrons. The lowest BCUT2D eigenvalue weighted by atomic mass is 9.98. The van der Waals surface area contributed by atoms with Gasteiger partial charge in [0.25, 0.3) is 5.91 Å². The highest BCUT2D eigenvalue weighted by molar-refractivity contribution is 5.95. The molecule has 1 fully saturated rings. The number of aliphatic hydroxyl groups excluding tert-OH is 1. The molecule has 0 aromatic heterocycles. The fraction of sp³-hybridized carbons (Fsp3) is 0.371. The zero-order valence-corrected chi connectivity index (χ0v) is 24.7. The lowest BCUT2D eigenvalue weighted by Crippen LogP contribution is -2.50. The van der Waals surface area contributed by atoms with Crippen molar-refractivity contribution in [2.45, 2.75) is 63.3 Å². The average molecular weight is 585 g/mol. The highest BCUT2D eigenvalue weighted by atomic mass is 19.1. The Labute approximate surface area is 252 Å². The lowest BCUT2D eigenvalue weighted by Gasteiger charge is -2.27. The first-order valence-electron chi connectivity index (χ1n) is 14.6. The summed E-state index contributed by atoms with van der Waals surface area (Å²) >= 11 is 0. The Morgan fingerprint density at radius 1 is 1.09 bits per heavy atom. The molecule has 0 spiro atoms. The molecular weight excluding hydrogens is 546 g/mol. The summed E-state index contributed by atoms with van der Waals surface area (Å²) in [6, 6.07) is 17.1. The van der Waals surface area contributed by atoms with Gasteiger partial charge in [0, 0.05) is 35.8 Å². The predicted octanol–water partition coefficient (Wildman–Crippen LogP) is 5.03. The SMILES string of the molecule is C#Cc1cccc(C2(NC[C@H](O)[C@H](Cc3cc(F)cc(F)c3)NC(=O)c3cc(C#N)cc(CN(C)CCCC)c3)CC2)c1. The second kappa shape index (κ2) is 14.4. The molecular formula is C35H38F2N4O2. The Morgan fingerprint density at radius 2 is 1.84 bits per heavy atom. The Hall–Kier alpha value is -4.08. The van der Waals surface area contributed by atoms with Gasteiger partial charge in [0.1, 0.15) is 11.6 Å². The van der Waals surface area contributed by atoms with Gasteiger partial charge in [-0.05, 0) is 98.4 Å². The first-order chi connectivity index (χ1) is 20.6. The van der Waals surface area contributed by atoms with Gasteiger partial charge in [0.05, 0.1) is 23.8 Å². The van der Waals surface area contributed by atoms with E-state index in [0.717, 1.165) is 55.0 Å². The average Bonchev–Trinajstić information content (AvgIpc) is 3.79. The lowest BCUT2D eigenvalue weighted by molar-refractivity contribution is 0.0822. The van der Waals surface area contributed by atoms with Gasteiger partial charge in [0.2, 0.25) is 0 Å². The van der Waals surface area contributed by atoms with Crippen molar-refractivity contribution in [2.75, 3.05) is 20.1 Å². The fourth-order valence-electron chi connectivity index (χ4n) is 5.36. The Bertz CT molecular complexity index is 1500. The minimum Gasteiger partial charge on any atom is -0.390 e. The summed E-state index contributed by atoms with van der Waals surface area (Å²) in [6.07, 6.45) is 8.29. The van der Waals surface area contributed by atoms with Crippen LogP contribution >= 0.6 is 0 Å². The number of carbonyl (C=O) groups is 1. The van der Waals surface area contributed by atoms with Crippen molar-refractivity contribution >= 4 is 5.91 Å². The van der Waals surface area contributed by atoms with Gasteiger partial charge in [-0.25, -0.2) is 8.78 Å². The summed E-state index contributed by atoms with van der Waals surface area (Å²) in [6.45, 7) is 3.69. The number of terminal acetylenes is 1. The number of nitrogens with one attached hydrogen (secondary N) is 2. The number of rotatable bonds is 14. The molecule has 1 saturated carbocycles. The number of aliphatic hydroxyl groups is 1. The Morgan fingerprint density at radius 3 is 2.49 bits per heavy atom. The molecule has 1 amide bonds. The maximum atomic E-state index is 14.0. The Kier molecular flexibility index (Phi) is 10.7. The Balaban J connectivity index is 1.54. The van der Waals surface area contributed by atoms with Crippen molar-refractivity contribution in [2.24, 2.45) is 0 Å². The maximum Gasteiger partial charge on any atom is 0.251 e. The number of carbonyl (C=O) groups excluding carboxylic acids is 1.